The minimum atomic E-state index is -1.07. The van der Waals surface area contributed by atoms with E-state index in [1.54, 1.807) is 25.3 Å². The molecule has 6 heteroatoms. The molecule has 0 spiro atoms. The molecule has 1 aliphatic rings. The first-order valence-corrected chi connectivity index (χ1v) is 7.38. The van der Waals surface area contributed by atoms with E-state index in [1.165, 1.54) is 0 Å². The molecule has 0 saturated heterocycles. The molecule has 1 atom stereocenters. The van der Waals surface area contributed by atoms with Gasteiger partial charge in [-0.15, -0.1) is 0 Å². The lowest BCUT2D eigenvalue weighted by Crippen LogP contribution is -2.33. The third-order valence-corrected chi connectivity index (χ3v) is 3.60. The number of fused-ring (bicyclic) bond motifs is 1. The Bertz CT molecular complexity index is 543. The average Bonchev–Trinajstić information content (AvgIpc) is 2.96. The van der Waals surface area contributed by atoms with Crippen molar-refractivity contribution in [2.75, 3.05) is 20.3 Å². The summed E-state index contributed by atoms with van der Waals surface area (Å²) in [6.07, 6.45) is 2.50. The average molecular weight is 307 g/mol. The first-order chi connectivity index (χ1) is 10.6. The molecule has 2 rings (SSSR count). The summed E-state index contributed by atoms with van der Waals surface area (Å²) in [4.78, 5) is 23.3. The van der Waals surface area contributed by atoms with Gasteiger partial charge < -0.3 is 19.9 Å². The van der Waals surface area contributed by atoms with Crippen LogP contribution in [0, 0.1) is 0 Å². The molecule has 0 radical (unpaired) electrons. The minimum absolute atomic E-state index is 0.264. The van der Waals surface area contributed by atoms with E-state index in [0.717, 1.165) is 24.2 Å². The topological polar surface area (TPSA) is 84.9 Å². The Kier molecular flexibility index (Phi) is 5.77. The molecular formula is C16H21NO5. The van der Waals surface area contributed by atoms with E-state index in [4.69, 9.17) is 9.47 Å². The molecule has 22 heavy (non-hydrogen) atoms. The quantitative estimate of drug-likeness (QED) is 0.714. The highest BCUT2D eigenvalue weighted by Gasteiger charge is 2.24. The van der Waals surface area contributed by atoms with Gasteiger partial charge in [0.25, 0.3) is 0 Å². The van der Waals surface area contributed by atoms with E-state index in [0.29, 0.717) is 31.6 Å². The van der Waals surface area contributed by atoms with Crippen LogP contribution in [0.1, 0.15) is 36.4 Å². The largest absolute Gasteiger partial charge is 0.493 e. The van der Waals surface area contributed by atoms with Crippen molar-refractivity contribution in [3.05, 3.63) is 29.3 Å². The molecule has 120 valence electrons. The molecule has 6 nitrogen and oxygen atoms in total. The number of carboxylic acids is 1. The molecule has 1 heterocycles. The molecular weight excluding hydrogens is 286 g/mol. The second kappa shape index (κ2) is 7.79. The Labute approximate surface area is 129 Å². The molecule has 0 saturated carbocycles. The summed E-state index contributed by atoms with van der Waals surface area (Å²) in [5.41, 5.74) is 1.56. The predicted octanol–water partition coefficient (Wildman–Crippen LogP) is 1.68. The van der Waals surface area contributed by atoms with Crippen molar-refractivity contribution < 1.29 is 24.2 Å². The Balaban J connectivity index is 1.98. The second-order valence-electron chi connectivity index (χ2n) is 5.25. The summed E-state index contributed by atoms with van der Waals surface area (Å²) >= 11 is 0. The molecule has 0 bridgehead atoms. The first-order valence-electron chi connectivity index (χ1n) is 7.38. The maximum absolute atomic E-state index is 11.9. The Morgan fingerprint density at radius 1 is 1.41 bits per heavy atom. The maximum atomic E-state index is 11.9. The Morgan fingerprint density at radius 2 is 2.23 bits per heavy atom. The zero-order valence-electron chi connectivity index (χ0n) is 12.6. The highest BCUT2D eigenvalue weighted by Crippen LogP contribution is 2.28. The summed E-state index contributed by atoms with van der Waals surface area (Å²) in [5, 5.41) is 11.9. The van der Waals surface area contributed by atoms with Gasteiger partial charge in [-0.05, 0) is 36.1 Å². The SMILES string of the molecule is COCCCCC(=O)NC(C(=O)O)c1ccc2c(c1)CCO2. The normalized spacial score (nSPS) is 14.0. The van der Waals surface area contributed by atoms with E-state index >= 15 is 0 Å². The molecule has 1 aliphatic heterocycles. The maximum Gasteiger partial charge on any atom is 0.330 e. The summed E-state index contributed by atoms with van der Waals surface area (Å²) in [7, 11) is 1.61. The van der Waals surface area contributed by atoms with Gasteiger partial charge in [-0.25, -0.2) is 4.79 Å². The summed E-state index contributed by atoms with van der Waals surface area (Å²) < 4.78 is 10.3. The monoisotopic (exact) mass is 307 g/mol. The van der Waals surface area contributed by atoms with Crippen molar-refractivity contribution in [3.8, 4) is 5.75 Å². The van der Waals surface area contributed by atoms with Crippen molar-refractivity contribution in [1.82, 2.24) is 5.32 Å². The highest BCUT2D eigenvalue weighted by molar-refractivity contribution is 5.84. The second-order valence-corrected chi connectivity index (χ2v) is 5.25. The van der Waals surface area contributed by atoms with E-state index in [2.05, 4.69) is 5.32 Å². The first kappa shape index (κ1) is 16.3. The Hall–Kier alpha value is -2.08. The number of hydrogen-bond acceptors (Lipinski definition) is 4. The lowest BCUT2D eigenvalue weighted by atomic mass is 10.0. The zero-order chi connectivity index (χ0) is 15.9. The smallest absolute Gasteiger partial charge is 0.330 e. The van der Waals surface area contributed by atoms with Crippen LogP contribution in [0.25, 0.3) is 0 Å². The van der Waals surface area contributed by atoms with Gasteiger partial charge >= 0.3 is 5.97 Å². The summed E-state index contributed by atoms with van der Waals surface area (Å²) in [6, 6.07) is 4.22. The van der Waals surface area contributed by atoms with Crippen molar-refractivity contribution in [1.29, 1.82) is 0 Å². The zero-order valence-corrected chi connectivity index (χ0v) is 12.6. The number of aliphatic carboxylic acids is 1. The number of amides is 1. The van der Waals surface area contributed by atoms with Crippen LogP contribution in [0.15, 0.2) is 18.2 Å². The van der Waals surface area contributed by atoms with Crippen molar-refractivity contribution in [2.24, 2.45) is 0 Å². The molecule has 0 fully saturated rings. The van der Waals surface area contributed by atoms with Gasteiger partial charge in [-0.3, -0.25) is 4.79 Å². The fourth-order valence-corrected chi connectivity index (χ4v) is 2.44. The summed E-state index contributed by atoms with van der Waals surface area (Å²) in [5.74, 6) is -0.539. The Morgan fingerprint density at radius 3 is 2.95 bits per heavy atom. The number of carboxylic acid groups (broad SMARTS) is 1. The lowest BCUT2D eigenvalue weighted by Gasteiger charge is -2.15. The molecule has 1 aromatic rings. The van der Waals surface area contributed by atoms with Gasteiger partial charge in [0.2, 0.25) is 5.91 Å². The number of methoxy groups -OCH3 is 1. The van der Waals surface area contributed by atoms with E-state index in [9.17, 15) is 14.7 Å². The molecule has 1 unspecified atom stereocenters. The van der Waals surface area contributed by atoms with Gasteiger partial charge in [0.15, 0.2) is 6.04 Å². The number of ether oxygens (including phenoxy) is 2. The van der Waals surface area contributed by atoms with Gasteiger partial charge in [0.1, 0.15) is 5.75 Å². The third-order valence-electron chi connectivity index (χ3n) is 3.60. The highest BCUT2D eigenvalue weighted by atomic mass is 16.5. The van der Waals surface area contributed by atoms with Crippen LogP contribution in [0.2, 0.25) is 0 Å². The van der Waals surface area contributed by atoms with E-state index in [1.807, 2.05) is 0 Å². The number of carbonyl (C=O) groups excluding carboxylic acids is 1. The molecule has 1 aromatic carbocycles. The fourth-order valence-electron chi connectivity index (χ4n) is 2.44. The van der Waals surface area contributed by atoms with Gasteiger partial charge in [0.05, 0.1) is 6.61 Å². The number of carbonyl (C=O) groups is 2. The summed E-state index contributed by atoms with van der Waals surface area (Å²) in [6.45, 7) is 1.21. The van der Waals surface area contributed by atoms with Crippen LogP contribution in [0.3, 0.4) is 0 Å². The molecule has 0 aromatic heterocycles. The van der Waals surface area contributed by atoms with Crippen molar-refractivity contribution in [2.45, 2.75) is 31.7 Å². The van der Waals surface area contributed by atoms with Crippen LogP contribution >= 0.6 is 0 Å². The molecule has 0 aliphatic carbocycles. The standard InChI is InChI=1S/C16H21NO5/c1-21-8-3-2-4-14(18)17-15(16(19)20)12-5-6-13-11(10-12)7-9-22-13/h5-6,10,15H,2-4,7-9H2,1H3,(H,17,18)(H,19,20). The minimum Gasteiger partial charge on any atom is -0.493 e. The number of unbranched alkanes of at least 4 members (excludes halogenated alkanes) is 1. The van der Waals surface area contributed by atoms with Crippen LogP contribution in [-0.4, -0.2) is 37.3 Å². The molecule has 1 amide bonds. The van der Waals surface area contributed by atoms with Crippen LogP contribution in [0.4, 0.5) is 0 Å². The predicted molar refractivity (Wildman–Crippen MR) is 79.9 cm³/mol. The van der Waals surface area contributed by atoms with Gasteiger partial charge in [0, 0.05) is 26.6 Å². The van der Waals surface area contributed by atoms with Crippen LogP contribution in [0.5, 0.6) is 5.75 Å². The van der Waals surface area contributed by atoms with E-state index < -0.39 is 12.0 Å². The number of nitrogens with one attached hydrogen (secondary N) is 1. The molecule has 2 N–H and O–H groups in total. The van der Waals surface area contributed by atoms with E-state index in [-0.39, 0.29) is 5.91 Å². The fraction of sp³-hybridized carbons (Fsp3) is 0.500. The lowest BCUT2D eigenvalue weighted by molar-refractivity contribution is -0.142. The van der Waals surface area contributed by atoms with Gasteiger partial charge in [-0.1, -0.05) is 6.07 Å². The number of benzene rings is 1. The van der Waals surface area contributed by atoms with Crippen LogP contribution < -0.4 is 10.1 Å². The van der Waals surface area contributed by atoms with Gasteiger partial charge in [-0.2, -0.15) is 0 Å². The number of hydrogen-bond donors (Lipinski definition) is 2. The third kappa shape index (κ3) is 4.21. The number of rotatable bonds is 8. The van der Waals surface area contributed by atoms with Crippen molar-refractivity contribution in [3.63, 3.8) is 0 Å². The van der Waals surface area contributed by atoms with Crippen LogP contribution in [-0.2, 0) is 20.7 Å². The van der Waals surface area contributed by atoms with Crippen molar-refractivity contribution >= 4 is 11.9 Å².